The summed E-state index contributed by atoms with van der Waals surface area (Å²) in [7, 11) is 0. The molecule has 300 valence electrons. The first kappa shape index (κ1) is 36.3. The van der Waals surface area contributed by atoms with Crippen LogP contribution in [0.15, 0.2) is 237 Å². The fraction of sp³-hybridized carbons (Fsp3) is 0.0164. The van der Waals surface area contributed by atoms with Crippen LogP contribution in [0.2, 0.25) is 0 Å². The van der Waals surface area contributed by atoms with Crippen LogP contribution < -0.4 is 14.4 Å². The molecule has 0 fully saturated rings. The second-order valence-electron chi connectivity index (χ2n) is 16.7. The molecule has 1 aliphatic heterocycles. The van der Waals surface area contributed by atoms with Gasteiger partial charge in [-0.05, 0) is 103 Å². The lowest BCUT2D eigenvalue weighted by Gasteiger charge is -2.33. The van der Waals surface area contributed by atoms with Gasteiger partial charge in [-0.3, -0.25) is 0 Å². The number of fused-ring (bicyclic) bond motifs is 13. The minimum absolute atomic E-state index is 0.502. The normalized spacial score (nSPS) is 13.1. The van der Waals surface area contributed by atoms with Crippen molar-refractivity contribution in [1.29, 1.82) is 0 Å². The van der Waals surface area contributed by atoms with Crippen LogP contribution in [-0.4, -0.2) is 0 Å². The van der Waals surface area contributed by atoms with E-state index in [1.807, 2.05) is 6.07 Å². The Kier molecular flexibility index (Phi) is 8.13. The number of para-hydroxylation sites is 2. The van der Waals surface area contributed by atoms with Crippen LogP contribution in [0.1, 0.15) is 22.3 Å². The van der Waals surface area contributed by atoms with Gasteiger partial charge in [0.25, 0.3) is 0 Å². The summed E-state index contributed by atoms with van der Waals surface area (Å²) in [4.78, 5) is 2.33. The molecule has 0 saturated carbocycles. The van der Waals surface area contributed by atoms with Crippen LogP contribution in [0.25, 0.3) is 55.6 Å². The van der Waals surface area contributed by atoms with E-state index >= 15 is 0 Å². The molecule has 2 aliphatic carbocycles. The molecule has 3 aliphatic rings. The molecule has 64 heavy (non-hydrogen) atoms. The molecule has 1 heterocycles. The zero-order valence-corrected chi connectivity index (χ0v) is 34.8. The zero-order valence-electron chi connectivity index (χ0n) is 34.8. The summed E-state index contributed by atoms with van der Waals surface area (Å²) in [6.45, 7) is 0. The number of anilines is 3. The monoisotopic (exact) mass is 817 g/mol. The maximum Gasteiger partial charge on any atom is 0.194 e. The summed E-state index contributed by atoms with van der Waals surface area (Å²) >= 11 is 0. The van der Waals surface area contributed by atoms with Crippen molar-refractivity contribution in [1.82, 2.24) is 0 Å². The van der Waals surface area contributed by atoms with Gasteiger partial charge in [-0.15, -0.1) is 0 Å². The Bertz CT molecular complexity index is 3400. The van der Waals surface area contributed by atoms with Crippen molar-refractivity contribution in [3.8, 4) is 78.6 Å². The average molecular weight is 818 g/mol. The Morgan fingerprint density at radius 1 is 0.297 bits per heavy atom. The number of rotatable bonds is 6. The zero-order chi connectivity index (χ0) is 42.2. The van der Waals surface area contributed by atoms with E-state index in [4.69, 9.17) is 9.47 Å². The van der Waals surface area contributed by atoms with E-state index < -0.39 is 5.41 Å². The Balaban J connectivity index is 0.996. The third-order valence-corrected chi connectivity index (χ3v) is 13.4. The number of hydrogen-bond donors (Lipinski definition) is 0. The molecule has 13 rings (SSSR count). The summed E-state index contributed by atoms with van der Waals surface area (Å²) in [5.74, 6) is 2.76. The molecule has 0 bridgehead atoms. The van der Waals surface area contributed by atoms with Crippen LogP contribution in [0, 0.1) is 0 Å². The minimum Gasteiger partial charge on any atom is -0.449 e. The van der Waals surface area contributed by atoms with Gasteiger partial charge in [0, 0.05) is 16.8 Å². The molecule has 1 spiro atoms. The fourth-order valence-electron chi connectivity index (χ4n) is 10.6. The first-order valence-corrected chi connectivity index (χ1v) is 21.9. The van der Waals surface area contributed by atoms with E-state index in [9.17, 15) is 0 Å². The predicted molar refractivity (Wildman–Crippen MR) is 260 cm³/mol. The third-order valence-electron chi connectivity index (χ3n) is 13.4. The minimum atomic E-state index is -0.502. The van der Waals surface area contributed by atoms with Crippen LogP contribution in [0.5, 0.6) is 23.0 Å². The van der Waals surface area contributed by atoms with E-state index in [-0.39, 0.29) is 0 Å². The van der Waals surface area contributed by atoms with Crippen LogP contribution in [0.3, 0.4) is 0 Å². The van der Waals surface area contributed by atoms with E-state index in [1.54, 1.807) is 0 Å². The molecule has 0 radical (unpaired) electrons. The molecule has 0 amide bonds. The number of ether oxygens (including phenoxy) is 2. The Labute approximate surface area is 372 Å². The van der Waals surface area contributed by atoms with Crippen molar-refractivity contribution in [2.45, 2.75) is 5.41 Å². The molecule has 0 aromatic heterocycles. The van der Waals surface area contributed by atoms with E-state index in [0.29, 0.717) is 17.2 Å². The van der Waals surface area contributed by atoms with Gasteiger partial charge in [0.2, 0.25) is 0 Å². The molecule has 0 atom stereocenters. The van der Waals surface area contributed by atoms with Gasteiger partial charge in [0.1, 0.15) is 0 Å². The standard InChI is InChI=1S/C61H39NO2/c1-3-17-40(18-4-1)41-33-35-42(36-34-41)44-21-15-22-45(39-44)62(54-30-14-10-23-46(54)43-19-5-2-6-20-43)55-31-16-32-56-59(55)64-60-57(63-56)38-37-53-58(60)49-26-9-13-29-52(49)61(53)50-27-11-7-24-47(50)48-25-8-12-28-51(48)61/h1-39H. The lowest BCUT2D eigenvalue weighted by molar-refractivity contribution is 0.361. The second kappa shape index (κ2) is 14.3. The molecular weight excluding hydrogens is 779 g/mol. The van der Waals surface area contributed by atoms with Gasteiger partial charge in [-0.25, -0.2) is 0 Å². The predicted octanol–water partition coefficient (Wildman–Crippen LogP) is 16.4. The molecule has 0 N–H and O–H groups in total. The molecular formula is C61H39NO2. The topological polar surface area (TPSA) is 21.7 Å². The second-order valence-corrected chi connectivity index (χ2v) is 16.7. The Morgan fingerprint density at radius 2 is 0.797 bits per heavy atom. The highest BCUT2D eigenvalue weighted by Crippen LogP contribution is 2.67. The highest BCUT2D eigenvalue weighted by atomic mass is 16.6. The summed E-state index contributed by atoms with van der Waals surface area (Å²) in [6, 6.07) is 84.7. The van der Waals surface area contributed by atoms with Gasteiger partial charge in [-0.1, -0.05) is 200 Å². The Morgan fingerprint density at radius 3 is 1.50 bits per heavy atom. The number of benzene rings is 10. The maximum absolute atomic E-state index is 7.46. The van der Waals surface area contributed by atoms with Gasteiger partial charge >= 0.3 is 0 Å². The summed E-state index contributed by atoms with van der Waals surface area (Å²) < 4.78 is 14.4. The van der Waals surface area contributed by atoms with Crippen molar-refractivity contribution in [2.75, 3.05) is 4.90 Å². The molecule has 10 aromatic rings. The average Bonchev–Trinajstić information content (AvgIpc) is 3.84. The smallest absolute Gasteiger partial charge is 0.194 e. The first-order chi connectivity index (χ1) is 31.8. The SMILES string of the molecule is c1ccc(-c2ccc(-c3cccc(N(c4ccccc4-c4ccccc4)c4cccc5c4Oc4c(ccc6c4-c4ccccc4C64c6ccccc6-c6ccccc64)O5)c3)cc2)cc1. The molecule has 0 saturated heterocycles. The Hall–Kier alpha value is -8.40. The van der Waals surface area contributed by atoms with Crippen molar-refractivity contribution in [3.63, 3.8) is 0 Å². The highest BCUT2D eigenvalue weighted by Gasteiger charge is 2.53. The lowest BCUT2D eigenvalue weighted by atomic mass is 9.70. The highest BCUT2D eigenvalue weighted by molar-refractivity contribution is 5.99. The van der Waals surface area contributed by atoms with Crippen molar-refractivity contribution in [3.05, 3.63) is 259 Å². The summed E-state index contributed by atoms with van der Waals surface area (Å²) in [6.07, 6.45) is 0. The molecule has 3 nitrogen and oxygen atoms in total. The maximum atomic E-state index is 7.46. The van der Waals surface area contributed by atoms with E-state index in [1.165, 1.54) is 44.5 Å². The van der Waals surface area contributed by atoms with Crippen LogP contribution in [0.4, 0.5) is 17.1 Å². The number of hydrogen-bond acceptors (Lipinski definition) is 3. The van der Waals surface area contributed by atoms with E-state index in [0.717, 1.165) is 56.2 Å². The van der Waals surface area contributed by atoms with Gasteiger partial charge in [-0.2, -0.15) is 0 Å². The first-order valence-electron chi connectivity index (χ1n) is 21.9. The van der Waals surface area contributed by atoms with Gasteiger partial charge < -0.3 is 14.4 Å². The van der Waals surface area contributed by atoms with Gasteiger partial charge in [0.05, 0.1) is 16.8 Å². The fourth-order valence-corrected chi connectivity index (χ4v) is 10.6. The molecule has 10 aromatic carbocycles. The summed E-state index contributed by atoms with van der Waals surface area (Å²) in [5.41, 5.74) is 19.1. The van der Waals surface area contributed by atoms with Crippen molar-refractivity contribution in [2.24, 2.45) is 0 Å². The van der Waals surface area contributed by atoms with Crippen molar-refractivity contribution >= 4 is 17.1 Å². The van der Waals surface area contributed by atoms with Crippen LogP contribution >= 0.6 is 0 Å². The largest absolute Gasteiger partial charge is 0.449 e. The van der Waals surface area contributed by atoms with Crippen LogP contribution in [-0.2, 0) is 5.41 Å². The number of nitrogens with zero attached hydrogens (tertiary/aromatic N) is 1. The molecule has 0 unspecified atom stereocenters. The molecule has 3 heteroatoms. The van der Waals surface area contributed by atoms with E-state index in [2.05, 4.69) is 235 Å². The van der Waals surface area contributed by atoms with Crippen molar-refractivity contribution < 1.29 is 9.47 Å². The third kappa shape index (κ3) is 5.34. The quantitative estimate of drug-likeness (QED) is 0.167. The van der Waals surface area contributed by atoms with Gasteiger partial charge in [0.15, 0.2) is 23.0 Å². The summed E-state index contributed by atoms with van der Waals surface area (Å²) in [5, 5.41) is 0. The lowest BCUT2D eigenvalue weighted by Crippen LogP contribution is -2.25.